The number of hydrogen-bond donors (Lipinski definition) is 1. The van der Waals surface area contributed by atoms with Gasteiger partial charge in [0.25, 0.3) is 0 Å². The molecular weight excluding hydrogens is 264 g/mol. The van der Waals surface area contributed by atoms with Gasteiger partial charge in [0.2, 0.25) is 5.91 Å². The second-order valence-corrected chi connectivity index (χ2v) is 5.40. The monoisotopic (exact) mass is 284 g/mol. The fourth-order valence-corrected chi connectivity index (χ4v) is 2.91. The van der Waals surface area contributed by atoms with Gasteiger partial charge >= 0.3 is 0 Å². The minimum Gasteiger partial charge on any atom is -0.467 e. The summed E-state index contributed by atoms with van der Waals surface area (Å²) in [6.07, 6.45) is 3.88. The van der Waals surface area contributed by atoms with Crippen LogP contribution in [0.4, 0.5) is 0 Å². The molecule has 0 bridgehead atoms. The van der Waals surface area contributed by atoms with E-state index in [4.69, 9.17) is 4.42 Å². The summed E-state index contributed by atoms with van der Waals surface area (Å²) in [5.74, 6) is 0.832. The maximum atomic E-state index is 12.1. The number of amides is 1. The number of carbonyl (C=O) groups is 1. The van der Waals surface area contributed by atoms with Crippen LogP contribution in [-0.4, -0.2) is 23.9 Å². The smallest absolute Gasteiger partial charge is 0.234 e. The predicted molar refractivity (Wildman–Crippen MR) is 80.5 cm³/mol. The molecule has 0 spiro atoms. The molecule has 1 amide bonds. The summed E-state index contributed by atoms with van der Waals surface area (Å²) in [7, 11) is 0. The lowest BCUT2D eigenvalue weighted by Gasteiger charge is -2.24. The van der Waals surface area contributed by atoms with E-state index >= 15 is 0 Å². The van der Waals surface area contributed by atoms with Gasteiger partial charge in [0.1, 0.15) is 5.76 Å². The van der Waals surface area contributed by atoms with Crippen LogP contribution in [0.25, 0.3) is 0 Å². The quantitative estimate of drug-likeness (QED) is 0.918. The Kier molecular flexibility index (Phi) is 4.36. The molecule has 1 unspecified atom stereocenters. The minimum absolute atomic E-state index is 0.0502. The van der Waals surface area contributed by atoms with Gasteiger partial charge in [-0.15, -0.1) is 0 Å². The van der Waals surface area contributed by atoms with Crippen LogP contribution in [-0.2, 0) is 11.3 Å². The van der Waals surface area contributed by atoms with E-state index in [1.807, 2.05) is 18.2 Å². The van der Waals surface area contributed by atoms with Crippen LogP contribution in [0.3, 0.4) is 0 Å². The number of furan rings is 1. The van der Waals surface area contributed by atoms with Gasteiger partial charge in [-0.05, 0) is 37.1 Å². The summed E-state index contributed by atoms with van der Waals surface area (Å²) in [4.78, 5) is 14.3. The normalized spacial score (nSPS) is 18.8. The first-order chi connectivity index (χ1) is 10.3. The third-order valence-corrected chi connectivity index (χ3v) is 3.93. The zero-order chi connectivity index (χ0) is 14.5. The first-order valence-electron chi connectivity index (χ1n) is 7.41. The molecule has 2 aromatic rings. The molecule has 1 aromatic carbocycles. The van der Waals surface area contributed by atoms with Gasteiger partial charge in [-0.1, -0.05) is 30.3 Å². The summed E-state index contributed by atoms with van der Waals surface area (Å²) >= 11 is 0. The van der Waals surface area contributed by atoms with Crippen molar-refractivity contribution in [2.75, 3.05) is 13.1 Å². The SMILES string of the molecule is O=C(CN1CCCC1c1ccccc1)NCc1ccco1. The summed E-state index contributed by atoms with van der Waals surface area (Å²) in [5, 5.41) is 2.91. The van der Waals surface area contributed by atoms with Gasteiger partial charge < -0.3 is 9.73 Å². The molecule has 1 N–H and O–H groups in total. The van der Waals surface area contributed by atoms with E-state index in [1.165, 1.54) is 5.56 Å². The van der Waals surface area contributed by atoms with Crippen LogP contribution in [0.5, 0.6) is 0 Å². The van der Waals surface area contributed by atoms with Crippen molar-refractivity contribution in [3.05, 3.63) is 60.1 Å². The fourth-order valence-electron chi connectivity index (χ4n) is 2.91. The molecular formula is C17H20N2O2. The van der Waals surface area contributed by atoms with Crippen molar-refractivity contribution in [3.63, 3.8) is 0 Å². The number of rotatable bonds is 5. The van der Waals surface area contributed by atoms with E-state index in [9.17, 15) is 4.79 Å². The number of hydrogen-bond acceptors (Lipinski definition) is 3. The van der Waals surface area contributed by atoms with Crippen molar-refractivity contribution in [2.45, 2.75) is 25.4 Å². The molecule has 1 aromatic heterocycles. The Morgan fingerprint density at radius 1 is 1.24 bits per heavy atom. The highest BCUT2D eigenvalue weighted by atomic mass is 16.3. The summed E-state index contributed by atoms with van der Waals surface area (Å²) in [6, 6.07) is 14.5. The Morgan fingerprint density at radius 2 is 2.10 bits per heavy atom. The van der Waals surface area contributed by atoms with Gasteiger partial charge in [-0.3, -0.25) is 9.69 Å². The molecule has 0 aliphatic carbocycles. The Hall–Kier alpha value is -2.07. The first kappa shape index (κ1) is 13.9. The predicted octanol–water partition coefficient (Wildman–Crippen LogP) is 2.73. The summed E-state index contributed by atoms with van der Waals surface area (Å²) in [5.41, 5.74) is 1.30. The number of nitrogens with zero attached hydrogens (tertiary/aromatic N) is 1. The Bertz CT molecular complexity index is 566. The molecule has 1 saturated heterocycles. The third kappa shape index (κ3) is 3.52. The van der Waals surface area contributed by atoms with Crippen LogP contribution < -0.4 is 5.32 Å². The van der Waals surface area contributed by atoms with Crippen molar-refractivity contribution in [1.29, 1.82) is 0 Å². The van der Waals surface area contributed by atoms with Crippen molar-refractivity contribution >= 4 is 5.91 Å². The van der Waals surface area contributed by atoms with Gasteiger partial charge in [-0.2, -0.15) is 0 Å². The lowest BCUT2D eigenvalue weighted by molar-refractivity contribution is -0.122. The molecule has 110 valence electrons. The Morgan fingerprint density at radius 3 is 2.86 bits per heavy atom. The molecule has 2 heterocycles. The van der Waals surface area contributed by atoms with Crippen molar-refractivity contribution < 1.29 is 9.21 Å². The average Bonchev–Trinajstić information content (AvgIpc) is 3.17. The number of likely N-dealkylation sites (tertiary alicyclic amines) is 1. The Balaban J connectivity index is 1.55. The topological polar surface area (TPSA) is 45.5 Å². The molecule has 1 aliphatic rings. The number of carbonyl (C=O) groups excluding carboxylic acids is 1. The van der Waals surface area contributed by atoms with E-state index in [1.54, 1.807) is 6.26 Å². The van der Waals surface area contributed by atoms with E-state index < -0.39 is 0 Å². The second kappa shape index (κ2) is 6.59. The van der Waals surface area contributed by atoms with E-state index in [0.717, 1.165) is 25.1 Å². The molecule has 0 saturated carbocycles. The zero-order valence-electron chi connectivity index (χ0n) is 12.0. The molecule has 4 nitrogen and oxygen atoms in total. The van der Waals surface area contributed by atoms with Crippen LogP contribution in [0.1, 0.15) is 30.2 Å². The van der Waals surface area contributed by atoms with E-state index in [0.29, 0.717) is 19.1 Å². The van der Waals surface area contributed by atoms with Crippen LogP contribution in [0.15, 0.2) is 53.1 Å². The van der Waals surface area contributed by atoms with Crippen molar-refractivity contribution in [2.24, 2.45) is 0 Å². The standard InChI is InChI=1S/C17H20N2O2/c20-17(18-12-15-8-5-11-21-15)13-19-10-4-9-16(19)14-6-2-1-3-7-14/h1-3,5-8,11,16H,4,9-10,12-13H2,(H,18,20). The number of benzene rings is 1. The molecule has 4 heteroatoms. The zero-order valence-corrected chi connectivity index (χ0v) is 12.0. The highest BCUT2D eigenvalue weighted by molar-refractivity contribution is 5.78. The Labute approximate surface area is 124 Å². The van der Waals surface area contributed by atoms with Crippen LogP contribution in [0.2, 0.25) is 0 Å². The van der Waals surface area contributed by atoms with Crippen molar-refractivity contribution in [3.8, 4) is 0 Å². The molecule has 1 fully saturated rings. The van der Waals surface area contributed by atoms with Gasteiger partial charge in [0.05, 0.1) is 19.4 Å². The fraction of sp³-hybridized carbons (Fsp3) is 0.353. The van der Waals surface area contributed by atoms with Gasteiger partial charge in [-0.25, -0.2) is 0 Å². The lowest BCUT2D eigenvalue weighted by Crippen LogP contribution is -2.36. The maximum Gasteiger partial charge on any atom is 0.234 e. The highest BCUT2D eigenvalue weighted by Crippen LogP contribution is 2.31. The lowest BCUT2D eigenvalue weighted by atomic mass is 10.0. The van der Waals surface area contributed by atoms with Gasteiger partial charge in [0.15, 0.2) is 0 Å². The molecule has 21 heavy (non-hydrogen) atoms. The van der Waals surface area contributed by atoms with E-state index in [-0.39, 0.29) is 5.91 Å². The molecule has 0 radical (unpaired) electrons. The highest BCUT2D eigenvalue weighted by Gasteiger charge is 2.27. The minimum atomic E-state index is 0.0502. The van der Waals surface area contributed by atoms with E-state index in [2.05, 4.69) is 34.5 Å². The molecule has 3 rings (SSSR count). The van der Waals surface area contributed by atoms with Crippen molar-refractivity contribution in [1.82, 2.24) is 10.2 Å². The maximum absolute atomic E-state index is 12.1. The average molecular weight is 284 g/mol. The number of nitrogens with one attached hydrogen (secondary N) is 1. The summed E-state index contributed by atoms with van der Waals surface area (Å²) < 4.78 is 5.22. The largest absolute Gasteiger partial charge is 0.467 e. The first-order valence-corrected chi connectivity index (χ1v) is 7.41. The molecule has 1 aliphatic heterocycles. The third-order valence-electron chi connectivity index (χ3n) is 3.93. The van der Waals surface area contributed by atoms with Crippen LogP contribution in [0, 0.1) is 0 Å². The van der Waals surface area contributed by atoms with Gasteiger partial charge in [0, 0.05) is 6.04 Å². The summed E-state index contributed by atoms with van der Waals surface area (Å²) in [6.45, 7) is 1.88. The second-order valence-electron chi connectivity index (χ2n) is 5.40. The molecule has 1 atom stereocenters. The van der Waals surface area contributed by atoms with Crippen LogP contribution >= 0.6 is 0 Å².